The average molecular weight is 313 g/mol. The maximum Gasteiger partial charge on any atom is 0.252 e. The lowest BCUT2D eigenvalue weighted by Crippen LogP contribution is -2.39. The third-order valence-electron chi connectivity index (χ3n) is 4.18. The molecular weight excluding hydrogens is 290 g/mol. The largest absolute Gasteiger partial charge is 0.467 e. The molecule has 1 aliphatic heterocycles. The van der Waals surface area contributed by atoms with Crippen LogP contribution in [0.5, 0.6) is 0 Å². The summed E-state index contributed by atoms with van der Waals surface area (Å²) >= 11 is 0. The van der Waals surface area contributed by atoms with Gasteiger partial charge in [0.15, 0.2) is 0 Å². The zero-order valence-corrected chi connectivity index (χ0v) is 13.3. The number of rotatable bonds is 7. The lowest BCUT2D eigenvalue weighted by Gasteiger charge is -2.24. The van der Waals surface area contributed by atoms with E-state index < -0.39 is 0 Å². The van der Waals surface area contributed by atoms with Gasteiger partial charge in [0.1, 0.15) is 11.9 Å². The van der Waals surface area contributed by atoms with Crippen LogP contribution in [0, 0.1) is 0 Å². The van der Waals surface area contributed by atoms with Crippen LogP contribution in [-0.2, 0) is 22.5 Å². The predicted molar refractivity (Wildman–Crippen MR) is 87.9 cm³/mol. The van der Waals surface area contributed by atoms with Gasteiger partial charge in [0.05, 0.1) is 12.8 Å². The molecule has 1 aromatic heterocycles. The first-order valence-electron chi connectivity index (χ1n) is 8.29. The minimum absolute atomic E-state index is 0.0898. The molecule has 0 unspecified atom stereocenters. The minimum Gasteiger partial charge on any atom is -0.467 e. The summed E-state index contributed by atoms with van der Waals surface area (Å²) in [5.41, 5.74) is 1.30. The Kier molecular flexibility index (Phi) is 5.48. The summed E-state index contributed by atoms with van der Waals surface area (Å²) in [5.74, 6) is 0.906. The third kappa shape index (κ3) is 4.45. The Morgan fingerprint density at radius 2 is 2.04 bits per heavy atom. The van der Waals surface area contributed by atoms with Crippen molar-refractivity contribution in [3.63, 3.8) is 0 Å². The van der Waals surface area contributed by atoms with Gasteiger partial charge in [0, 0.05) is 13.2 Å². The Morgan fingerprint density at radius 1 is 1.17 bits per heavy atom. The Balaban J connectivity index is 1.58. The van der Waals surface area contributed by atoms with Gasteiger partial charge >= 0.3 is 0 Å². The molecule has 0 radical (unpaired) electrons. The maximum atomic E-state index is 12.7. The highest BCUT2D eigenvalue weighted by molar-refractivity contribution is 5.81. The van der Waals surface area contributed by atoms with E-state index in [2.05, 4.69) is 12.1 Å². The monoisotopic (exact) mass is 313 g/mol. The molecule has 2 aromatic rings. The molecule has 4 heteroatoms. The summed E-state index contributed by atoms with van der Waals surface area (Å²) in [6, 6.07) is 14.1. The van der Waals surface area contributed by atoms with Gasteiger partial charge in [0.2, 0.25) is 0 Å². The summed E-state index contributed by atoms with van der Waals surface area (Å²) in [4.78, 5) is 14.5. The van der Waals surface area contributed by atoms with Gasteiger partial charge in [-0.15, -0.1) is 0 Å². The van der Waals surface area contributed by atoms with Crippen molar-refractivity contribution < 1.29 is 13.9 Å². The quantitative estimate of drug-likeness (QED) is 0.786. The molecule has 1 aromatic carbocycles. The number of ether oxygens (including phenoxy) is 1. The summed E-state index contributed by atoms with van der Waals surface area (Å²) in [6.07, 6.45) is 5.06. The Hall–Kier alpha value is -2.07. The van der Waals surface area contributed by atoms with E-state index in [9.17, 15) is 4.79 Å². The van der Waals surface area contributed by atoms with E-state index in [4.69, 9.17) is 9.15 Å². The predicted octanol–water partition coefficient (Wildman–Crippen LogP) is 3.42. The molecule has 1 amide bonds. The number of hydrogen-bond acceptors (Lipinski definition) is 3. The normalized spacial score (nSPS) is 17.3. The number of benzene rings is 1. The molecule has 1 atom stereocenters. The molecule has 0 N–H and O–H groups in total. The third-order valence-corrected chi connectivity index (χ3v) is 4.18. The number of furan rings is 1. The molecule has 122 valence electrons. The second-order valence-corrected chi connectivity index (χ2v) is 5.93. The lowest BCUT2D eigenvalue weighted by atomic mass is 10.1. The highest BCUT2D eigenvalue weighted by atomic mass is 16.5. The van der Waals surface area contributed by atoms with Crippen LogP contribution in [0.3, 0.4) is 0 Å². The fraction of sp³-hybridized carbons (Fsp3) is 0.421. The van der Waals surface area contributed by atoms with Crippen LogP contribution in [0.15, 0.2) is 53.1 Å². The van der Waals surface area contributed by atoms with Crippen molar-refractivity contribution in [1.29, 1.82) is 0 Å². The van der Waals surface area contributed by atoms with Gasteiger partial charge in [-0.2, -0.15) is 0 Å². The molecule has 1 saturated heterocycles. The second kappa shape index (κ2) is 7.97. The van der Waals surface area contributed by atoms with Gasteiger partial charge in [0.25, 0.3) is 5.91 Å². The van der Waals surface area contributed by atoms with Crippen molar-refractivity contribution in [1.82, 2.24) is 4.90 Å². The van der Waals surface area contributed by atoms with E-state index in [1.807, 2.05) is 35.2 Å². The Bertz CT molecular complexity index is 588. The zero-order valence-electron chi connectivity index (χ0n) is 13.3. The first-order chi connectivity index (χ1) is 11.3. The summed E-state index contributed by atoms with van der Waals surface area (Å²) in [5, 5.41) is 0. The first kappa shape index (κ1) is 15.8. The van der Waals surface area contributed by atoms with Crippen LogP contribution in [0.25, 0.3) is 0 Å². The van der Waals surface area contributed by atoms with Crippen molar-refractivity contribution >= 4 is 5.91 Å². The van der Waals surface area contributed by atoms with Crippen molar-refractivity contribution in [2.45, 2.75) is 38.3 Å². The Morgan fingerprint density at radius 3 is 2.74 bits per heavy atom. The molecule has 0 spiro atoms. The van der Waals surface area contributed by atoms with Crippen LogP contribution in [-0.4, -0.2) is 30.1 Å². The number of carbonyl (C=O) groups excluding carboxylic acids is 1. The van der Waals surface area contributed by atoms with Crippen LogP contribution >= 0.6 is 0 Å². The highest BCUT2D eigenvalue weighted by Gasteiger charge is 2.28. The van der Waals surface area contributed by atoms with Gasteiger partial charge in [-0.3, -0.25) is 4.79 Å². The molecule has 4 nitrogen and oxygen atoms in total. The van der Waals surface area contributed by atoms with Crippen LogP contribution in [0.4, 0.5) is 0 Å². The van der Waals surface area contributed by atoms with Crippen LogP contribution in [0.2, 0.25) is 0 Å². The van der Waals surface area contributed by atoms with E-state index in [-0.39, 0.29) is 12.0 Å². The van der Waals surface area contributed by atoms with E-state index in [0.29, 0.717) is 19.7 Å². The van der Waals surface area contributed by atoms with Crippen molar-refractivity contribution in [3.05, 3.63) is 60.1 Å². The number of nitrogens with zero attached hydrogens (tertiary/aromatic N) is 1. The zero-order chi connectivity index (χ0) is 15.9. The summed E-state index contributed by atoms with van der Waals surface area (Å²) < 4.78 is 11.0. The lowest BCUT2D eigenvalue weighted by molar-refractivity contribution is -0.141. The standard InChI is InChI=1S/C19H23NO3/c21-19(18-11-6-14-23-18)20(15-17-10-5-13-22-17)12-4-9-16-7-2-1-3-8-16/h1-3,5,7-8,10,13,18H,4,6,9,11-12,14-15H2/t18-/m1/s1. The van der Waals surface area contributed by atoms with E-state index >= 15 is 0 Å². The average Bonchev–Trinajstić information content (AvgIpc) is 3.28. The van der Waals surface area contributed by atoms with E-state index in [1.165, 1.54) is 5.56 Å². The number of amides is 1. The molecular formula is C19H23NO3. The van der Waals surface area contributed by atoms with Gasteiger partial charge < -0.3 is 14.1 Å². The van der Waals surface area contributed by atoms with Crippen molar-refractivity contribution in [2.75, 3.05) is 13.2 Å². The molecule has 1 fully saturated rings. The van der Waals surface area contributed by atoms with E-state index in [1.54, 1.807) is 6.26 Å². The Labute approximate surface area is 137 Å². The second-order valence-electron chi connectivity index (χ2n) is 5.93. The van der Waals surface area contributed by atoms with Crippen LogP contribution in [0.1, 0.15) is 30.6 Å². The molecule has 0 aliphatic carbocycles. The maximum absolute atomic E-state index is 12.7. The number of aryl methyl sites for hydroxylation is 1. The van der Waals surface area contributed by atoms with Gasteiger partial charge in [-0.1, -0.05) is 30.3 Å². The molecule has 0 bridgehead atoms. The highest BCUT2D eigenvalue weighted by Crippen LogP contribution is 2.17. The number of carbonyl (C=O) groups is 1. The number of hydrogen-bond donors (Lipinski definition) is 0. The molecule has 23 heavy (non-hydrogen) atoms. The minimum atomic E-state index is -0.276. The fourth-order valence-electron chi connectivity index (χ4n) is 2.95. The van der Waals surface area contributed by atoms with Gasteiger partial charge in [-0.25, -0.2) is 0 Å². The first-order valence-corrected chi connectivity index (χ1v) is 8.29. The SMILES string of the molecule is O=C([C@H]1CCCO1)N(CCCc1ccccc1)Cc1ccco1. The molecule has 2 heterocycles. The van der Waals surface area contributed by atoms with Crippen molar-refractivity contribution in [2.24, 2.45) is 0 Å². The molecule has 0 saturated carbocycles. The topological polar surface area (TPSA) is 42.7 Å². The molecule has 1 aliphatic rings. The van der Waals surface area contributed by atoms with E-state index in [0.717, 1.165) is 31.4 Å². The molecule has 3 rings (SSSR count). The van der Waals surface area contributed by atoms with Gasteiger partial charge in [-0.05, 0) is 43.4 Å². The summed E-state index contributed by atoms with van der Waals surface area (Å²) in [6.45, 7) is 1.92. The van der Waals surface area contributed by atoms with Crippen LogP contribution < -0.4 is 0 Å². The summed E-state index contributed by atoms with van der Waals surface area (Å²) in [7, 11) is 0. The fourth-order valence-corrected chi connectivity index (χ4v) is 2.95. The van der Waals surface area contributed by atoms with Crippen molar-refractivity contribution in [3.8, 4) is 0 Å². The smallest absolute Gasteiger partial charge is 0.252 e.